The Balaban J connectivity index is 1.56. The monoisotopic (exact) mass is 477 g/mol. The van der Waals surface area contributed by atoms with Gasteiger partial charge in [0.15, 0.2) is 0 Å². The van der Waals surface area contributed by atoms with Gasteiger partial charge in [-0.1, -0.05) is 97.1 Å². The van der Waals surface area contributed by atoms with Gasteiger partial charge in [0.05, 0.1) is 5.69 Å². The van der Waals surface area contributed by atoms with Crippen molar-refractivity contribution in [2.75, 3.05) is 4.90 Å². The van der Waals surface area contributed by atoms with E-state index in [1.165, 1.54) is 47.8 Å². The van der Waals surface area contributed by atoms with Crippen LogP contribution >= 0.6 is 11.3 Å². The molecule has 2 heteroatoms. The molecule has 0 radical (unpaired) electrons. The molecule has 7 aromatic rings. The zero-order valence-electron chi connectivity index (χ0n) is 19.6. The number of thiophene rings is 1. The second kappa shape index (κ2) is 8.67. The van der Waals surface area contributed by atoms with E-state index in [2.05, 4.69) is 144 Å². The van der Waals surface area contributed by atoms with Crippen molar-refractivity contribution in [3.63, 3.8) is 0 Å². The average molecular weight is 478 g/mol. The van der Waals surface area contributed by atoms with Gasteiger partial charge < -0.3 is 4.90 Å². The molecule has 0 bridgehead atoms. The third-order valence-electron chi connectivity index (χ3n) is 6.83. The highest BCUT2D eigenvalue weighted by atomic mass is 32.1. The predicted octanol–water partition coefficient (Wildman–Crippen LogP) is 10.3. The predicted molar refractivity (Wildman–Crippen MR) is 157 cm³/mol. The van der Waals surface area contributed by atoms with E-state index in [9.17, 15) is 0 Å². The third-order valence-corrected chi connectivity index (χ3v) is 8.05. The fourth-order valence-electron chi connectivity index (χ4n) is 5.16. The fourth-order valence-corrected chi connectivity index (χ4v) is 6.36. The van der Waals surface area contributed by atoms with Crippen molar-refractivity contribution in [1.29, 1.82) is 0 Å². The molecule has 7 rings (SSSR count). The van der Waals surface area contributed by atoms with Crippen molar-refractivity contribution in [3.8, 4) is 11.1 Å². The summed E-state index contributed by atoms with van der Waals surface area (Å²) in [7, 11) is 0. The van der Waals surface area contributed by atoms with E-state index in [4.69, 9.17) is 0 Å². The van der Waals surface area contributed by atoms with Crippen LogP contribution in [-0.2, 0) is 0 Å². The Morgan fingerprint density at radius 3 is 1.67 bits per heavy atom. The standard InChI is InChI=1S/C34H23NS/c1-4-12-24(13-5-1)25-20-21-33-30(22-25)31-23-32(28-18-10-11-19-29(28)34(31)36-33)35(26-14-6-2-7-15-26)27-16-8-3-9-17-27/h1-23H. The lowest BCUT2D eigenvalue weighted by atomic mass is 10.00. The second-order valence-corrected chi connectivity index (χ2v) is 10.1. The molecule has 0 saturated carbocycles. The van der Waals surface area contributed by atoms with Gasteiger partial charge in [-0.2, -0.15) is 0 Å². The topological polar surface area (TPSA) is 3.24 Å². The molecule has 0 N–H and O–H groups in total. The molecule has 36 heavy (non-hydrogen) atoms. The molecule has 0 aliphatic heterocycles. The first-order valence-corrected chi connectivity index (χ1v) is 13.0. The van der Waals surface area contributed by atoms with Gasteiger partial charge in [0, 0.05) is 42.3 Å². The lowest BCUT2D eigenvalue weighted by molar-refractivity contribution is 1.30. The molecule has 0 spiro atoms. The summed E-state index contributed by atoms with van der Waals surface area (Å²) in [6, 6.07) is 50.1. The molecule has 0 aliphatic carbocycles. The number of benzene rings is 6. The van der Waals surface area contributed by atoms with Crippen LogP contribution in [0.5, 0.6) is 0 Å². The van der Waals surface area contributed by atoms with Crippen molar-refractivity contribution in [3.05, 3.63) is 140 Å². The molecule has 170 valence electrons. The molecule has 0 amide bonds. The van der Waals surface area contributed by atoms with E-state index in [-0.39, 0.29) is 0 Å². The minimum absolute atomic E-state index is 1.15. The van der Waals surface area contributed by atoms with E-state index >= 15 is 0 Å². The summed E-state index contributed by atoms with van der Waals surface area (Å²) < 4.78 is 2.66. The molecule has 0 saturated heterocycles. The molecular weight excluding hydrogens is 454 g/mol. The lowest BCUT2D eigenvalue weighted by Gasteiger charge is -2.27. The molecule has 0 atom stereocenters. The van der Waals surface area contributed by atoms with E-state index in [0.29, 0.717) is 0 Å². The summed E-state index contributed by atoms with van der Waals surface area (Å²) in [5, 5.41) is 5.17. The van der Waals surface area contributed by atoms with Gasteiger partial charge in [0.2, 0.25) is 0 Å². The van der Waals surface area contributed by atoms with Crippen molar-refractivity contribution in [2.45, 2.75) is 0 Å². The second-order valence-electron chi connectivity index (χ2n) is 9.00. The van der Waals surface area contributed by atoms with Gasteiger partial charge >= 0.3 is 0 Å². The molecule has 0 aliphatic rings. The summed E-state index contributed by atoms with van der Waals surface area (Å²) in [4.78, 5) is 2.38. The van der Waals surface area contributed by atoms with Crippen LogP contribution in [-0.4, -0.2) is 0 Å². The average Bonchev–Trinajstić information content (AvgIpc) is 3.33. The van der Waals surface area contributed by atoms with Gasteiger partial charge in [0.1, 0.15) is 0 Å². The van der Waals surface area contributed by atoms with Crippen LogP contribution in [0.3, 0.4) is 0 Å². The zero-order valence-corrected chi connectivity index (χ0v) is 20.5. The quantitative estimate of drug-likeness (QED) is 0.244. The van der Waals surface area contributed by atoms with Crippen LogP contribution in [0.25, 0.3) is 42.1 Å². The van der Waals surface area contributed by atoms with Crippen LogP contribution in [0.1, 0.15) is 0 Å². The summed E-state index contributed by atoms with van der Waals surface area (Å²) in [5.74, 6) is 0. The maximum atomic E-state index is 2.39. The number of fused-ring (bicyclic) bond motifs is 5. The Labute approximate surface area is 214 Å². The highest BCUT2D eigenvalue weighted by Gasteiger charge is 2.19. The minimum atomic E-state index is 1.15. The number of hydrogen-bond acceptors (Lipinski definition) is 2. The fraction of sp³-hybridized carbons (Fsp3) is 0. The molecule has 1 aromatic heterocycles. The Morgan fingerprint density at radius 1 is 0.417 bits per heavy atom. The Bertz CT molecular complexity index is 1780. The van der Waals surface area contributed by atoms with E-state index < -0.39 is 0 Å². The van der Waals surface area contributed by atoms with Gasteiger partial charge in [0.25, 0.3) is 0 Å². The van der Waals surface area contributed by atoms with Gasteiger partial charge in [-0.15, -0.1) is 11.3 Å². The molecule has 1 heterocycles. The number of hydrogen-bond donors (Lipinski definition) is 0. The van der Waals surface area contributed by atoms with Crippen LogP contribution < -0.4 is 4.90 Å². The smallest absolute Gasteiger partial charge is 0.0547 e. The lowest BCUT2D eigenvalue weighted by Crippen LogP contribution is -2.10. The van der Waals surface area contributed by atoms with Crippen LogP contribution in [0, 0.1) is 0 Å². The highest BCUT2D eigenvalue weighted by molar-refractivity contribution is 7.26. The Hall–Kier alpha value is -4.40. The Morgan fingerprint density at radius 2 is 1.00 bits per heavy atom. The molecular formula is C34H23NS. The number of anilines is 3. The van der Waals surface area contributed by atoms with Gasteiger partial charge in [-0.3, -0.25) is 0 Å². The number of rotatable bonds is 4. The molecule has 0 unspecified atom stereocenters. The largest absolute Gasteiger partial charge is 0.310 e. The first kappa shape index (κ1) is 20.9. The summed E-state index contributed by atoms with van der Waals surface area (Å²) >= 11 is 1.89. The molecule has 6 aromatic carbocycles. The van der Waals surface area contributed by atoms with Crippen molar-refractivity contribution in [2.24, 2.45) is 0 Å². The summed E-state index contributed by atoms with van der Waals surface area (Å²) in [6.07, 6.45) is 0. The van der Waals surface area contributed by atoms with Gasteiger partial charge in [-0.05, 0) is 53.6 Å². The first-order valence-electron chi connectivity index (χ1n) is 12.2. The normalized spacial score (nSPS) is 11.3. The Kier molecular flexibility index (Phi) is 5.04. The van der Waals surface area contributed by atoms with Crippen molar-refractivity contribution in [1.82, 2.24) is 0 Å². The number of para-hydroxylation sites is 2. The molecule has 1 nitrogen and oxygen atoms in total. The number of nitrogens with zero attached hydrogens (tertiary/aromatic N) is 1. The SMILES string of the molecule is c1ccc(-c2ccc3sc4c5ccccc5c(N(c5ccccc5)c5ccccc5)cc4c3c2)cc1. The summed E-state index contributed by atoms with van der Waals surface area (Å²) in [6.45, 7) is 0. The maximum Gasteiger partial charge on any atom is 0.0547 e. The van der Waals surface area contributed by atoms with E-state index in [1.54, 1.807) is 0 Å². The maximum absolute atomic E-state index is 2.39. The van der Waals surface area contributed by atoms with Crippen LogP contribution in [0.2, 0.25) is 0 Å². The minimum Gasteiger partial charge on any atom is -0.310 e. The zero-order chi connectivity index (χ0) is 23.9. The third kappa shape index (κ3) is 3.46. The molecule has 0 fully saturated rings. The van der Waals surface area contributed by atoms with Crippen molar-refractivity contribution >= 4 is 59.3 Å². The first-order chi connectivity index (χ1) is 17.9. The van der Waals surface area contributed by atoms with Crippen LogP contribution in [0.4, 0.5) is 17.1 Å². The van der Waals surface area contributed by atoms with Gasteiger partial charge in [-0.25, -0.2) is 0 Å². The van der Waals surface area contributed by atoms with E-state index in [1.807, 2.05) is 11.3 Å². The van der Waals surface area contributed by atoms with E-state index in [0.717, 1.165) is 11.4 Å². The van der Waals surface area contributed by atoms with Crippen LogP contribution in [0.15, 0.2) is 140 Å². The van der Waals surface area contributed by atoms with Crippen molar-refractivity contribution < 1.29 is 0 Å². The summed E-state index contributed by atoms with van der Waals surface area (Å²) in [5.41, 5.74) is 5.99. The highest BCUT2D eigenvalue weighted by Crippen LogP contribution is 2.46.